The van der Waals surface area contributed by atoms with E-state index in [1.54, 1.807) is 12.1 Å². The fourth-order valence-electron chi connectivity index (χ4n) is 0.788. The van der Waals surface area contributed by atoms with Crippen LogP contribution in [-0.2, 0) is 4.79 Å². The van der Waals surface area contributed by atoms with E-state index in [2.05, 4.69) is 6.07 Å². The van der Waals surface area contributed by atoms with E-state index in [4.69, 9.17) is 4.74 Å². The molecule has 0 saturated carbocycles. The zero-order chi connectivity index (χ0) is 8.27. The van der Waals surface area contributed by atoms with Crippen molar-refractivity contribution in [3.63, 3.8) is 0 Å². The minimum atomic E-state index is -0.302. The number of esters is 1. The second-order valence-electron chi connectivity index (χ2n) is 2.34. The molecule has 1 aromatic carbocycles. The molecule has 0 spiro atoms. The highest BCUT2D eigenvalue weighted by atomic mass is 16.5. The first-order chi connectivity index (χ1) is 5.18. The molecule has 0 aromatic heterocycles. The first kappa shape index (κ1) is 7.79. The number of benzene rings is 1. The van der Waals surface area contributed by atoms with E-state index in [9.17, 15) is 4.79 Å². The SMILES string of the molecule is CC(=O)Oc1c[c]cc(C)c1. The summed E-state index contributed by atoms with van der Waals surface area (Å²) >= 11 is 0. The van der Waals surface area contributed by atoms with Gasteiger partial charge >= 0.3 is 5.97 Å². The Balaban J connectivity index is 2.79. The van der Waals surface area contributed by atoms with Crippen LogP contribution >= 0.6 is 0 Å². The molecule has 0 aliphatic heterocycles. The lowest BCUT2D eigenvalue weighted by molar-refractivity contribution is -0.131. The average Bonchev–Trinajstić information content (AvgIpc) is 1.85. The third kappa shape index (κ3) is 2.42. The molecule has 1 aromatic rings. The van der Waals surface area contributed by atoms with Gasteiger partial charge < -0.3 is 4.74 Å². The molecule has 0 unspecified atom stereocenters. The number of hydrogen-bond acceptors (Lipinski definition) is 2. The van der Waals surface area contributed by atoms with Gasteiger partial charge in [0.25, 0.3) is 0 Å². The Morgan fingerprint density at radius 1 is 1.55 bits per heavy atom. The smallest absolute Gasteiger partial charge is 0.308 e. The second kappa shape index (κ2) is 3.19. The molecule has 1 rings (SSSR count). The Hall–Kier alpha value is -1.31. The van der Waals surface area contributed by atoms with Gasteiger partial charge in [0.1, 0.15) is 5.75 Å². The third-order valence-corrected chi connectivity index (χ3v) is 1.17. The molecule has 0 atom stereocenters. The van der Waals surface area contributed by atoms with Crippen LogP contribution in [0.3, 0.4) is 0 Å². The van der Waals surface area contributed by atoms with Crippen molar-refractivity contribution in [1.29, 1.82) is 0 Å². The highest BCUT2D eigenvalue weighted by Crippen LogP contribution is 2.11. The van der Waals surface area contributed by atoms with E-state index >= 15 is 0 Å². The summed E-state index contributed by atoms with van der Waals surface area (Å²) in [5.74, 6) is 0.251. The zero-order valence-electron chi connectivity index (χ0n) is 6.55. The number of aryl methyl sites for hydroxylation is 1. The maximum Gasteiger partial charge on any atom is 0.308 e. The molecule has 0 fully saturated rings. The fraction of sp³-hybridized carbons (Fsp3) is 0.222. The highest BCUT2D eigenvalue weighted by molar-refractivity contribution is 5.69. The first-order valence-corrected chi connectivity index (χ1v) is 3.34. The van der Waals surface area contributed by atoms with E-state index in [1.165, 1.54) is 6.92 Å². The van der Waals surface area contributed by atoms with Crippen LogP contribution in [0.1, 0.15) is 12.5 Å². The average molecular weight is 149 g/mol. The van der Waals surface area contributed by atoms with Crippen LogP contribution in [0.5, 0.6) is 5.75 Å². The van der Waals surface area contributed by atoms with Crippen molar-refractivity contribution < 1.29 is 9.53 Å². The standard InChI is InChI=1S/C9H9O2/c1-7-4-3-5-9(6-7)11-8(2)10/h4-6H,1-2H3. The van der Waals surface area contributed by atoms with Crippen molar-refractivity contribution in [3.05, 3.63) is 29.8 Å². The van der Waals surface area contributed by atoms with Gasteiger partial charge in [0.2, 0.25) is 0 Å². The molecule has 11 heavy (non-hydrogen) atoms. The molecule has 57 valence electrons. The summed E-state index contributed by atoms with van der Waals surface area (Å²) in [5.41, 5.74) is 1.03. The van der Waals surface area contributed by atoms with Gasteiger partial charge in [-0.2, -0.15) is 0 Å². The van der Waals surface area contributed by atoms with Crippen LogP contribution in [0.25, 0.3) is 0 Å². The van der Waals surface area contributed by atoms with E-state index in [0.29, 0.717) is 5.75 Å². The third-order valence-electron chi connectivity index (χ3n) is 1.17. The summed E-state index contributed by atoms with van der Waals surface area (Å²) in [6.07, 6.45) is 0. The molecule has 0 amide bonds. The summed E-state index contributed by atoms with van der Waals surface area (Å²) in [6.45, 7) is 3.30. The molecule has 0 aliphatic rings. The lowest BCUT2D eigenvalue weighted by Gasteiger charge is -1.99. The number of carbonyl (C=O) groups is 1. The van der Waals surface area contributed by atoms with Gasteiger partial charge in [0.15, 0.2) is 0 Å². The fourth-order valence-corrected chi connectivity index (χ4v) is 0.788. The van der Waals surface area contributed by atoms with Crippen LogP contribution < -0.4 is 4.74 Å². The summed E-state index contributed by atoms with van der Waals surface area (Å²) in [6, 6.07) is 8.11. The van der Waals surface area contributed by atoms with Gasteiger partial charge in [-0.3, -0.25) is 4.79 Å². The molecule has 2 heteroatoms. The van der Waals surface area contributed by atoms with E-state index in [-0.39, 0.29) is 5.97 Å². The largest absolute Gasteiger partial charge is 0.427 e. The maximum atomic E-state index is 10.5. The van der Waals surface area contributed by atoms with Gasteiger partial charge in [0, 0.05) is 6.92 Å². The van der Waals surface area contributed by atoms with Crippen molar-refractivity contribution in [2.45, 2.75) is 13.8 Å². The molecule has 0 N–H and O–H groups in total. The second-order valence-corrected chi connectivity index (χ2v) is 2.34. The van der Waals surface area contributed by atoms with Crippen LogP contribution in [0.4, 0.5) is 0 Å². The van der Waals surface area contributed by atoms with E-state index < -0.39 is 0 Å². The van der Waals surface area contributed by atoms with Crippen molar-refractivity contribution in [2.24, 2.45) is 0 Å². The summed E-state index contributed by atoms with van der Waals surface area (Å²) in [7, 11) is 0. The molecule has 0 bridgehead atoms. The monoisotopic (exact) mass is 149 g/mol. The van der Waals surface area contributed by atoms with Gasteiger partial charge in [-0.15, -0.1) is 0 Å². The Morgan fingerprint density at radius 3 is 2.82 bits per heavy atom. The van der Waals surface area contributed by atoms with Crippen molar-refractivity contribution >= 4 is 5.97 Å². The lowest BCUT2D eigenvalue weighted by atomic mass is 10.2. The summed E-state index contributed by atoms with van der Waals surface area (Å²) in [4.78, 5) is 10.5. The molecule has 1 radical (unpaired) electrons. The molecule has 0 aliphatic carbocycles. The Kier molecular flexibility index (Phi) is 2.26. The molecule has 0 saturated heterocycles. The topological polar surface area (TPSA) is 26.3 Å². The molecular weight excluding hydrogens is 140 g/mol. The number of rotatable bonds is 1. The Bertz CT molecular complexity index is 266. The van der Waals surface area contributed by atoms with Crippen molar-refractivity contribution in [3.8, 4) is 5.75 Å². The van der Waals surface area contributed by atoms with Gasteiger partial charge in [-0.05, 0) is 30.7 Å². The first-order valence-electron chi connectivity index (χ1n) is 3.34. The van der Waals surface area contributed by atoms with E-state index in [0.717, 1.165) is 5.56 Å². The van der Waals surface area contributed by atoms with Crippen LogP contribution in [0.2, 0.25) is 0 Å². The van der Waals surface area contributed by atoms with Crippen LogP contribution in [0.15, 0.2) is 18.2 Å². The minimum Gasteiger partial charge on any atom is -0.427 e. The van der Waals surface area contributed by atoms with Crippen molar-refractivity contribution in [2.75, 3.05) is 0 Å². The predicted molar refractivity (Wildman–Crippen MR) is 41.3 cm³/mol. The molecular formula is C9H9O2. The quantitative estimate of drug-likeness (QED) is 0.449. The number of carbonyl (C=O) groups excluding carboxylic acids is 1. The maximum absolute atomic E-state index is 10.5. The lowest BCUT2D eigenvalue weighted by Crippen LogP contribution is -2.00. The normalized spacial score (nSPS) is 9.27. The number of hydrogen-bond donors (Lipinski definition) is 0. The molecule has 2 nitrogen and oxygen atoms in total. The van der Waals surface area contributed by atoms with Crippen LogP contribution in [0, 0.1) is 13.0 Å². The zero-order valence-corrected chi connectivity index (χ0v) is 6.55. The molecule has 0 heterocycles. The Morgan fingerprint density at radius 2 is 2.27 bits per heavy atom. The summed E-state index contributed by atoms with van der Waals surface area (Å²) < 4.78 is 4.82. The van der Waals surface area contributed by atoms with Gasteiger partial charge in [0.05, 0.1) is 0 Å². The summed E-state index contributed by atoms with van der Waals surface area (Å²) in [5, 5.41) is 0. The van der Waals surface area contributed by atoms with E-state index in [1.807, 2.05) is 13.0 Å². The van der Waals surface area contributed by atoms with Crippen molar-refractivity contribution in [1.82, 2.24) is 0 Å². The highest BCUT2D eigenvalue weighted by Gasteiger charge is 1.95. The predicted octanol–water partition coefficient (Wildman–Crippen LogP) is 1.72. The number of ether oxygens (including phenoxy) is 1. The van der Waals surface area contributed by atoms with Gasteiger partial charge in [-0.25, -0.2) is 0 Å². The van der Waals surface area contributed by atoms with Crippen LogP contribution in [-0.4, -0.2) is 5.97 Å². The van der Waals surface area contributed by atoms with Gasteiger partial charge in [-0.1, -0.05) is 6.07 Å². The Labute approximate surface area is 65.8 Å². The minimum absolute atomic E-state index is 0.302.